The number of hydrogen-bond donors (Lipinski definition) is 1. The van der Waals surface area contributed by atoms with E-state index in [1.807, 2.05) is 0 Å². The monoisotopic (exact) mass is 308 g/mol. The van der Waals surface area contributed by atoms with Crippen LogP contribution in [0.25, 0.3) is 0 Å². The first-order valence-electron chi connectivity index (χ1n) is 6.89. The van der Waals surface area contributed by atoms with Gasteiger partial charge in [-0.2, -0.15) is 0 Å². The van der Waals surface area contributed by atoms with Gasteiger partial charge in [0.2, 0.25) is 0 Å². The van der Waals surface area contributed by atoms with E-state index >= 15 is 0 Å². The maximum Gasteiger partial charge on any atom is 0.0334 e. The summed E-state index contributed by atoms with van der Waals surface area (Å²) >= 11 is 3.69. The fraction of sp³-hybridized carbons (Fsp3) is 0.600. The molecule has 0 amide bonds. The number of rotatable bonds is 2. The molecule has 1 N–H and O–H groups in total. The van der Waals surface area contributed by atoms with Crippen LogP contribution in [0.3, 0.4) is 0 Å². The number of benzene rings is 1. The Morgan fingerprint density at radius 3 is 2.83 bits per heavy atom. The first kappa shape index (κ1) is 12.6. The molecule has 1 aromatic rings. The van der Waals surface area contributed by atoms with Crippen LogP contribution in [0.5, 0.6) is 0 Å². The molecule has 2 aliphatic heterocycles. The number of nitrogens with zero attached hydrogens (tertiary/aromatic N) is 1. The van der Waals surface area contributed by atoms with Crippen LogP contribution in [-0.2, 0) is 0 Å². The van der Waals surface area contributed by atoms with Crippen molar-refractivity contribution < 1.29 is 0 Å². The second-order valence-electron chi connectivity index (χ2n) is 5.72. The summed E-state index contributed by atoms with van der Waals surface area (Å²) in [4.78, 5) is 2.68. The minimum absolute atomic E-state index is 0.501. The van der Waals surface area contributed by atoms with Crippen LogP contribution >= 0.6 is 15.9 Å². The van der Waals surface area contributed by atoms with Gasteiger partial charge >= 0.3 is 0 Å². The highest BCUT2D eigenvalue weighted by atomic mass is 79.9. The van der Waals surface area contributed by atoms with Crippen LogP contribution in [0.15, 0.2) is 28.7 Å². The fourth-order valence-electron chi connectivity index (χ4n) is 3.70. The summed E-state index contributed by atoms with van der Waals surface area (Å²) in [6.07, 6.45) is 0. The maximum absolute atomic E-state index is 3.69. The van der Waals surface area contributed by atoms with Gasteiger partial charge in [-0.1, -0.05) is 34.1 Å². The third-order valence-electron chi connectivity index (χ3n) is 4.83. The van der Waals surface area contributed by atoms with Gasteiger partial charge in [0.05, 0.1) is 0 Å². The molecular formula is C15H21BrN2. The molecule has 0 bridgehead atoms. The lowest BCUT2D eigenvalue weighted by Gasteiger charge is -2.31. The van der Waals surface area contributed by atoms with Gasteiger partial charge in [-0.05, 0) is 50.4 Å². The zero-order chi connectivity index (χ0) is 12.7. The van der Waals surface area contributed by atoms with Crippen molar-refractivity contribution >= 4 is 15.9 Å². The van der Waals surface area contributed by atoms with Crippen LogP contribution in [0.2, 0.25) is 0 Å². The molecule has 0 aliphatic carbocycles. The van der Waals surface area contributed by atoms with Crippen molar-refractivity contribution in [1.82, 2.24) is 10.2 Å². The lowest BCUT2D eigenvalue weighted by molar-refractivity contribution is 0.182. The van der Waals surface area contributed by atoms with Crippen LogP contribution in [0.1, 0.15) is 25.5 Å². The molecule has 3 heteroatoms. The Bertz CT molecular complexity index is 434. The third-order valence-corrected chi connectivity index (χ3v) is 5.56. The number of fused-ring (bicyclic) bond motifs is 1. The summed E-state index contributed by atoms with van der Waals surface area (Å²) in [6, 6.07) is 9.81. The molecule has 2 fully saturated rings. The summed E-state index contributed by atoms with van der Waals surface area (Å²) < 4.78 is 1.24. The van der Waals surface area contributed by atoms with Crippen LogP contribution in [-0.4, -0.2) is 30.6 Å². The van der Waals surface area contributed by atoms with Gasteiger partial charge in [0.25, 0.3) is 0 Å². The van der Waals surface area contributed by atoms with Crippen LogP contribution in [0.4, 0.5) is 0 Å². The Hall–Kier alpha value is -0.380. The Labute approximate surface area is 118 Å². The minimum Gasteiger partial charge on any atom is -0.316 e. The van der Waals surface area contributed by atoms with E-state index in [4.69, 9.17) is 0 Å². The Kier molecular flexibility index (Phi) is 3.48. The molecule has 0 aromatic heterocycles. The van der Waals surface area contributed by atoms with Gasteiger partial charge < -0.3 is 5.32 Å². The van der Waals surface area contributed by atoms with E-state index in [-0.39, 0.29) is 0 Å². The predicted molar refractivity (Wildman–Crippen MR) is 78.6 cm³/mol. The van der Waals surface area contributed by atoms with Gasteiger partial charge in [-0.25, -0.2) is 0 Å². The van der Waals surface area contributed by atoms with E-state index in [0.717, 1.165) is 11.8 Å². The number of likely N-dealkylation sites (tertiary alicyclic amines) is 1. The third kappa shape index (κ3) is 2.02. The summed E-state index contributed by atoms with van der Waals surface area (Å²) in [7, 11) is 0. The van der Waals surface area contributed by atoms with Gasteiger partial charge in [0.15, 0.2) is 0 Å². The molecule has 0 spiro atoms. The van der Waals surface area contributed by atoms with Crippen LogP contribution < -0.4 is 5.32 Å². The largest absolute Gasteiger partial charge is 0.316 e. The van der Waals surface area contributed by atoms with E-state index in [1.165, 1.54) is 29.7 Å². The number of halogens is 1. The molecule has 0 saturated carbocycles. The van der Waals surface area contributed by atoms with Crippen LogP contribution in [0, 0.1) is 11.8 Å². The Balaban J connectivity index is 1.82. The van der Waals surface area contributed by atoms with Gasteiger partial charge in [0, 0.05) is 23.1 Å². The second-order valence-corrected chi connectivity index (χ2v) is 6.57. The lowest BCUT2D eigenvalue weighted by atomic mass is 9.95. The van der Waals surface area contributed by atoms with Crippen molar-refractivity contribution in [3.8, 4) is 0 Å². The van der Waals surface area contributed by atoms with E-state index in [9.17, 15) is 0 Å². The molecule has 2 nitrogen and oxygen atoms in total. The standard InChI is InChI=1S/C15H21BrN2/c1-10(13-5-3-4-6-15(13)16)18-9-12-7-17-8-14(12)11(18)2/h3-6,10-12,14,17H,7-9H2,1-2H3. The highest BCUT2D eigenvalue weighted by Gasteiger charge is 2.43. The highest BCUT2D eigenvalue weighted by molar-refractivity contribution is 9.10. The van der Waals surface area contributed by atoms with Gasteiger partial charge in [-0.15, -0.1) is 0 Å². The highest BCUT2D eigenvalue weighted by Crippen LogP contribution is 2.39. The lowest BCUT2D eigenvalue weighted by Crippen LogP contribution is -2.35. The van der Waals surface area contributed by atoms with Crippen molar-refractivity contribution in [2.75, 3.05) is 19.6 Å². The molecule has 18 heavy (non-hydrogen) atoms. The summed E-state index contributed by atoms with van der Waals surface area (Å²) in [5.74, 6) is 1.69. The minimum atomic E-state index is 0.501. The normalized spacial score (nSPS) is 33.6. The van der Waals surface area contributed by atoms with Gasteiger partial charge in [0.1, 0.15) is 0 Å². The predicted octanol–water partition coefficient (Wildman–Crippen LogP) is 3.05. The fourth-order valence-corrected chi connectivity index (χ4v) is 4.32. The first-order chi connectivity index (χ1) is 8.68. The first-order valence-corrected chi connectivity index (χ1v) is 7.68. The van der Waals surface area contributed by atoms with E-state index < -0.39 is 0 Å². The average molecular weight is 309 g/mol. The summed E-state index contributed by atoms with van der Waals surface area (Å²) in [5.41, 5.74) is 1.41. The summed E-state index contributed by atoms with van der Waals surface area (Å²) in [6.45, 7) is 8.37. The molecule has 1 aromatic carbocycles. The van der Waals surface area contributed by atoms with Crippen molar-refractivity contribution in [1.29, 1.82) is 0 Å². The Morgan fingerprint density at radius 2 is 2.11 bits per heavy atom. The van der Waals surface area contributed by atoms with Crippen molar-refractivity contribution in [3.63, 3.8) is 0 Å². The average Bonchev–Trinajstić information content (AvgIpc) is 2.93. The topological polar surface area (TPSA) is 15.3 Å². The van der Waals surface area contributed by atoms with Crippen molar-refractivity contribution in [3.05, 3.63) is 34.3 Å². The van der Waals surface area contributed by atoms with Crippen molar-refractivity contribution in [2.45, 2.75) is 25.9 Å². The molecule has 4 unspecified atom stereocenters. The second kappa shape index (κ2) is 4.95. The number of hydrogen-bond acceptors (Lipinski definition) is 2. The molecular weight excluding hydrogens is 288 g/mol. The molecule has 3 rings (SSSR count). The van der Waals surface area contributed by atoms with E-state index in [0.29, 0.717) is 12.1 Å². The SMILES string of the molecule is CC(c1ccccc1Br)N1CC2CNCC2C1C. The smallest absolute Gasteiger partial charge is 0.0334 e. The molecule has 4 atom stereocenters. The molecule has 2 saturated heterocycles. The molecule has 98 valence electrons. The molecule has 0 radical (unpaired) electrons. The quantitative estimate of drug-likeness (QED) is 0.903. The zero-order valence-electron chi connectivity index (χ0n) is 11.1. The van der Waals surface area contributed by atoms with E-state index in [2.05, 4.69) is 64.3 Å². The van der Waals surface area contributed by atoms with Gasteiger partial charge in [-0.3, -0.25) is 4.90 Å². The van der Waals surface area contributed by atoms with E-state index in [1.54, 1.807) is 0 Å². The van der Waals surface area contributed by atoms with Crippen molar-refractivity contribution in [2.24, 2.45) is 11.8 Å². The molecule has 2 aliphatic rings. The summed E-state index contributed by atoms with van der Waals surface area (Å²) in [5, 5.41) is 3.53. The number of nitrogens with one attached hydrogen (secondary N) is 1. The molecule has 2 heterocycles. The maximum atomic E-state index is 3.69. The Morgan fingerprint density at radius 1 is 1.33 bits per heavy atom. The zero-order valence-corrected chi connectivity index (χ0v) is 12.7.